The molecule has 0 bridgehead atoms. The summed E-state index contributed by atoms with van der Waals surface area (Å²) in [5.74, 6) is -0.823. The number of carbonyl (C=O) groups excluding carboxylic acids is 2. The molecule has 0 radical (unpaired) electrons. The summed E-state index contributed by atoms with van der Waals surface area (Å²) in [5.41, 5.74) is 1.01. The van der Waals surface area contributed by atoms with Crippen LogP contribution >= 0.6 is 27.5 Å². The Kier molecular flexibility index (Phi) is 10.2. The first-order valence-corrected chi connectivity index (χ1v) is 13.6. The van der Waals surface area contributed by atoms with Gasteiger partial charge in [-0.2, -0.15) is 0 Å². The minimum absolute atomic E-state index is 0.0664. The molecule has 2 rings (SSSR count). The van der Waals surface area contributed by atoms with Crippen LogP contribution in [0.5, 0.6) is 0 Å². The average molecular weight is 559 g/mol. The summed E-state index contributed by atoms with van der Waals surface area (Å²) in [6.45, 7) is 3.76. The van der Waals surface area contributed by atoms with Crippen LogP contribution in [0.25, 0.3) is 0 Å². The molecule has 0 aliphatic rings. The highest BCUT2D eigenvalue weighted by Crippen LogP contribution is 2.23. The molecule has 10 heteroatoms. The Balaban J connectivity index is 2.36. The number of halogens is 2. The molecule has 2 aromatic carbocycles. The number of hydrogen-bond donors (Lipinski definition) is 1. The minimum Gasteiger partial charge on any atom is -0.354 e. The third-order valence-corrected chi connectivity index (χ3v) is 7.07. The van der Waals surface area contributed by atoms with Crippen molar-refractivity contribution in [2.75, 3.05) is 23.7 Å². The van der Waals surface area contributed by atoms with Crippen molar-refractivity contribution in [2.24, 2.45) is 0 Å². The van der Waals surface area contributed by atoms with Crippen LogP contribution in [0.4, 0.5) is 5.69 Å². The normalized spacial score (nSPS) is 12.2. The lowest BCUT2D eigenvalue weighted by Gasteiger charge is -2.31. The van der Waals surface area contributed by atoms with Gasteiger partial charge in [0, 0.05) is 22.6 Å². The molecule has 0 unspecified atom stereocenters. The van der Waals surface area contributed by atoms with Crippen LogP contribution in [-0.4, -0.2) is 50.5 Å². The summed E-state index contributed by atoms with van der Waals surface area (Å²) >= 11 is 9.63. The van der Waals surface area contributed by atoms with Crippen LogP contribution in [0.3, 0.4) is 0 Å². The summed E-state index contributed by atoms with van der Waals surface area (Å²) in [5, 5.41) is 3.30. The van der Waals surface area contributed by atoms with Gasteiger partial charge in [-0.3, -0.25) is 13.9 Å². The van der Waals surface area contributed by atoms with Crippen LogP contribution in [0, 0.1) is 0 Å². The number of nitrogens with zero attached hydrogens (tertiary/aromatic N) is 2. The van der Waals surface area contributed by atoms with Crippen molar-refractivity contribution in [3.8, 4) is 0 Å². The van der Waals surface area contributed by atoms with E-state index in [0.717, 1.165) is 23.4 Å². The minimum atomic E-state index is -3.77. The molecule has 0 saturated heterocycles. The lowest BCUT2D eigenvalue weighted by Crippen LogP contribution is -2.51. The number of carbonyl (C=O) groups is 2. The zero-order chi connectivity index (χ0) is 24.6. The summed E-state index contributed by atoms with van der Waals surface area (Å²) < 4.78 is 26.8. The summed E-state index contributed by atoms with van der Waals surface area (Å²) in [7, 11) is -3.77. The van der Waals surface area contributed by atoms with Gasteiger partial charge < -0.3 is 10.2 Å². The number of anilines is 1. The van der Waals surface area contributed by atoms with Crippen molar-refractivity contribution >= 4 is 55.1 Å². The van der Waals surface area contributed by atoms with Crippen molar-refractivity contribution in [3.63, 3.8) is 0 Å². The van der Waals surface area contributed by atoms with E-state index in [0.29, 0.717) is 27.3 Å². The van der Waals surface area contributed by atoms with E-state index in [4.69, 9.17) is 11.6 Å². The van der Waals surface area contributed by atoms with Gasteiger partial charge in [-0.05, 0) is 43.2 Å². The van der Waals surface area contributed by atoms with Crippen LogP contribution in [0.1, 0.15) is 32.3 Å². The zero-order valence-corrected chi connectivity index (χ0v) is 22.1. The fourth-order valence-electron chi connectivity index (χ4n) is 3.17. The molecule has 7 nitrogen and oxygen atoms in total. The van der Waals surface area contributed by atoms with E-state index >= 15 is 0 Å². The second kappa shape index (κ2) is 12.4. The van der Waals surface area contributed by atoms with Crippen LogP contribution < -0.4 is 9.62 Å². The summed E-state index contributed by atoms with van der Waals surface area (Å²) in [4.78, 5) is 27.6. The number of unbranched alkanes of at least 4 members (excludes halogenated alkanes) is 1. The first-order chi connectivity index (χ1) is 15.5. The molecule has 0 aromatic heterocycles. The molecule has 0 fully saturated rings. The molecule has 0 heterocycles. The van der Waals surface area contributed by atoms with Gasteiger partial charge in [0.05, 0.1) is 11.9 Å². The standard InChI is InChI=1S/C23H29BrClN3O4S/c1-4-5-13-26-23(30)17(2)27(15-18-9-6-7-12-21(18)25)22(29)16-28(33(3,31)32)20-11-8-10-19(24)14-20/h6-12,14,17H,4-5,13,15-16H2,1-3H3,(H,26,30)/t17-/m1/s1. The topological polar surface area (TPSA) is 86.8 Å². The van der Waals surface area contributed by atoms with Crippen LogP contribution in [-0.2, 0) is 26.2 Å². The number of benzene rings is 2. The number of rotatable bonds is 11. The van der Waals surface area contributed by atoms with Gasteiger partial charge in [0.2, 0.25) is 21.8 Å². The second-order valence-corrected chi connectivity index (χ2v) is 10.9. The second-order valence-electron chi connectivity index (χ2n) is 7.68. The molecular formula is C23H29BrClN3O4S. The van der Waals surface area contributed by atoms with E-state index in [2.05, 4.69) is 21.2 Å². The Morgan fingerprint density at radius 2 is 1.85 bits per heavy atom. The van der Waals surface area contributed by atoms with E-state index in [-0.39, 0.29) is 12.5 Å². The number of nitrogens with one attached hydrogen (secondary N) is 1. The predicted molar refractivity (Wildman–Crippen MR) is 136 cm³/mol. The van der Waals surface area contributed by atoms with Crippen molar-refractivity contribution in [1.82, 2.24) is 10.2 Å². The Morgan fingerprint density at radius 3 is 2.45 bits per heavy atom. The van der Waals surface area contributed by atoms with Gasteiger partial charge in [0.15, 0.2) is 0 Å². The SMILES string of the molecule is CCCCNC(=O)[C@@H](C)N(Cc1ccccc1Cl)C(=O)CN(c1cccc(Br)c1)S(C)(=O)=O. The molecule has 1 N–H and O–H groups in total. The molecule has 1 atom stereocenters. The predicted octanol–water partition coefficient (Wildman–Crippen LogP) is 4.20. The van der Waals surface area contributed by atoms with E-state index in [1.165, 1.54) is 4.90 Å². The fraction of sp³-hybridized carbons (Fsp3) is 0.391. The van der Waals surface area contributed by atoms with Gasteiger partial charge in [-0.1, -0.05) is 65.1 Å². The van der Waals surface area contributed by atoms with Gasteiger partial charge in [0.25, 0.3) is 0 Å². The molecule has 180 valence electrons. The monoisotopic (exact) mass is 557 g/mol. The first kappa shape index (κ1) is 27.1. The Hall–Kier alpha value is -2.10. The van der Waals surface area contributed by atoms with Crippen LogP contribution in [0.2, 0.25) is 5.02 Å². The maximum absolute atomic E-state index is 13.4. The summed E-state index contributed by atoms with van der Waals surface area (Å²) in [6, 6.07) is 12.9. The largest absolute Gasteiger partial charge is 0.354 e. The highest BCUT2D eigenvalue weighted by molar-refractivity contribution is 9.10. The van der Waals surface area contributed by atoms with Gasteiger partial charge >= 0.3 is 0 Å². The molecule has 0 aliphatic heterocycles. The van der Waals surface area contributed by atoms with Gasteiger partial charge in [0.1, 0.15) is 12.6 Å². The Bertz CT molecular complexity index is 1080. The Labute approximate surface area is 209 Å². The molecule has 33 heavy (non-hydrogen) atoms. The highest BCUT2D eigenvalue weighted by Gasteiger charge is 2.30. The number of amides is 2. The van der Waals surface area contributed by atoms with Crippen molar-refractivity contribution in [3.05, 3.63) is 63.6 Å². The molecule has 0 spiro atoms. The lowest BCUT2D eigenvalue weighted by molar-refractivity contribution is -0.139. The molecule has 2 amide bonds. The molecule has 2 aromatic rings. The lowest BCUT2D eigenvalue weighted by atomic mass is 10.1. The Morgan fingerprint density at radius 1 is 1.15 bits per heavy atom. The van der Waals surface area contributed by atoms with Crippen molar-refractivity contribution in [1.29, 1.82) is 0 Å². The maximum atomic E-state index is 13.4. The third kappa shape index (κ3) is 8.01. The van der Waals surface area contributed by atoms with E-state index in [9.17, 15) is 18.0 Å². The fourth-order valence-corrected chi connectivity index (χ4v) is 4.60. The average Bonchev–Trinajstić information content (AvgIpc) is 2.75. The number of sulfonamides is 1. The van der Waals surface area contributed by atoms with Gasteiger partial charge in [-0.15, -0.1) is 0 Å². The van der Waals surface area contributed by atoms with E-state index in [1.807, 2.05) is 6.92 Å². The van der Waals surface area contributed by atoms with Crippen molar-refractivity contribution < 1.29 is 18.0 Å². The highest BCUT2D eigenvalue weighted by atomic mass is 79.9. The smallest absolute Gasteiger partial charge is 0.244 e. The van der Waals surface area contributed by atoms with Gasteiger partial charge in [-0.25, -0.2) is 8.42 Å². The third-order valence-electron chi connectivity index (χ3n) is 5.07. The van der Waals surface area contributed by atoms with E-state index < -0.39 is 28.5 Å². The number of hydrogen-bond acceptors (Lipinski definition) is 4. The molecular weight excluding hydrogens is 530 g/mol. The van der Waals surface area contributed by atoms with Crippen LogP contribution in [0.15, 0.2) is 53.0 Å². The maximum Gasteiger partial charge on any atom is 0.244 e. The molecule has 0 saturated carbocycles. The summed E-state index contributed by atoms with van der Waals surface area (Å²) in [6.07, 6.45) is 2.79. The first-order valence-electron chi connectivity index (χ1n) is 10.6. The zero-order valence-electron chi connectivity index (χ0n) is 18.9. The molecule has 0 aliphatic carbocycles. The van der Waals surface area contributed by atoms with Crippen molar-refractivity contribution in [2.45, 2.75) is 39.3 Å². The van der Waals surface area contributed by atoms with E-state index in [1.54, 1.807) is 55.5 Å². The quantitative estimate of drug-likeness (QED) is 0.419.